The van der Waals surface area contributed by atoms with Crippen molar-refractivity contribution in [3.8, 4) is 0 Å². The summed E-state index contributed by atoms with van der Waals surface area (Å²) in [5.41, 5.74) is 0.784. The van der Waals surface area contributed by atoms with E-state index in [1.807, 2.05) is 0 Å². The maximum atomic E-state index is 5.32. The van der Waals surface area contributed by atoms with Gasteiger partial charge in [-0.15, -0.1) is 0 Å². The second-order valence-electron chi connectivity index (χ2n) is 4.26. The van der Waals surface area contributed by atoms with Gasteiger partial charge in [0.2, 0.25) is 0 Å². The van der Waals surface area contributed by atoms with Gasteiger partial charge < -0.3 is 4.74 Å². The molecular formula is C10H19NO. The lowest BCUT2D eigenvalue weighted by atomic mass is 9.63. The summed E-state index contributed by atoms with van der Waals surface area (Å²) in [6.45, 7) is 7.69. The minimum atomic E-state index is 0.784. The van der Waals surface area contributed by atoms with Crippen molar-refractivity contribution in [3.63, 3.8) is 0 Å². The van der Waals surface area contributed by atoms with Gasteiger partial charge >= 0.3 is 0 Å². The molecule has 70 valence electrons. The first kappa shape index (κ1) is 8.52. The average Bonchev–Trinajstić information content (AvgIpc) is 1.90. The van der Waals surface area contributed by atoms with Crippen LogP contribution in [0.2, 0.25) is 0 Å². The maximum absolute atomic E-state index is 5.32. The van der Waals surface area contributed by atoms with Crippen LogP contribution >= 0.6 is 0 Å². The first-order valence-electron chi connectivity index (χ1n) is 5.15. The Morgan fingerprint density at radius 1 is 1.33 bits per heavy atom. The van der Waals surface area contributed by atoms with Crippen LogP contribution in [-0.4, -0.2) is 37.7 Å². The maximum Gasteiger partial charge on any atom is 0.0593 e. The van der Waals surface area contributed by atoms with Gasteiger partial charge in [0, 0.05) is 26.2 Å². The number of likely N-dealkylation sites (tertiary alicyclic amines) is 1. The fourth-order valence-electron chi connectivity index (χ4n) is 2.39. The van der Waals surface area contributed by atoms with Gasteiger partial charge in [-0.3, -0.25) is 4.90 Å². The standard InChI is InChI=1S/C10H19NO/c1-2-12-7-6-11-8-10(9-11)4-3-5-10/h2-9H2,1H3. The first-order valence-corrected chi connectivity index (χ1v) is 5.15. The largest absolute Gasteiger partial charge is 0.380 e. The zero-order valence-corrected chi connectivity index (χ0v) is 8.01. The van der Waals surface area contributed by atoms with Crippen LogP contribution in [0.5, 0.6) is 0 Å². The lowest BCUT2D eigenvalue weighted by Gasteiger charge is -2.56. The number of rotatable bonds is 4. The molecule has 0 amide bonds. The summed E-state index contributed by atoms with van der Waals surface area (Å²) < 4.78 is 5.32. The summed E-state index contributed by atoms with van der Waals surface area (Å²) in [5.74, 6) is 0. The van der Waals surface area contributed by atoms with Crippen molar-refractivity contribution in [2.45, 2.75) is 26.2 Å². The Kier molecular flexibility index (Phi) is 2.37. The number of ether oxygens (including phenoxy) is 1. The third kappa shape index (κ3) is 1.50. The van der Waals surface area contributed by atoms with Crippen molar-refractivity contribution in [3.05, 3.63) is 0 Å². The molecule has 0 atom stereocenters. The molecule has 2 rings (SSSR count). The van der Waals surface area contributed by atoms with Crippen LogP contribution in [0.25, 0.3) is 0 Å². The molecule has 0 bridgehead atoms. The molecule has 0 radical (unpaired) electrons. The number of hydrogen-bond donors (Lipinski definition) is 0. The highest BCUT2D eigenvalue weighted by atomic mass is 16.5. The van der Waals surface area contributed by atoms with E-state index in [1.54, 1.807) is 0 Å². The lowest BCUT2D eigenvalue weighted by Crippen LogP contribution is -2.60. The van der Waals surface area contributed by atoms with Crippen molar-refractivity contribution in [1.82, 2.24) is 4.90 Å². The normalized spacial score (nSPS) is 26.8. The monoisotopic (exact) mass is 169 g/mol. The minimum absolute atomic E-state index is 0.784. The molecular weight excluding hydrogens is 150 g/mol. The van der Waals surface area contributed by atoms with Crippen molar-refractivity contribution >= 4 is 0 Å². The fraction of sp³-hybridized carbons (Fsp3) is 1.00. The Morgan fingerprint density at radius 2 is 2.08 bits per heavy atom. The van der Waals surface area contributed by atoms with Crippen LogP contribution in [-0.2, 0) is 4.74 Å². The molecule has 12 heavy (non-hydrogen) atoms. The van der Waals surface area contributed by atoms with E-state index in [1.165, 1.54) is 32.4 Å². The quantitative estimate of drug-likeness (QED) is 0.591. The summed E-state index contributed by atoms with van der Waals surface area (Å²) in [5, 5.41) is 0. The van der Waals surface area contributed by atoms with Crippen LogP contribution in [0.15, 0.2) is 0 Å². The van der Waals surface area contributed by atoms with Crippen LogP contribution in [0, 0.1) is 5.41 Å². The lowest BCUT2D eigenvalue weighted by molar-refractivity contribution is -0.0691. The van der Waals surface area contributed by atoms with Crippen LogP contribution < -0.4 is 0 Å². The number of hydrogen-bond acceptors (Lipinski definition) is 2. The van der Waals surface area contributed by atoms with Gasteiger partial charge in [0.05, 0.1) is 6.61 Å². The molecule has 1 heterocycles. The van der Waals surface area contributed by atoms with Crippen LogP contribution in [0.3, 0.4) is 0 Å². The predicted octanol–water partition coefficient (Wildman–Crippen LogP) is 1.51. The smallest absolute Gasteiger partial charge is 0.0593 e. The Morgan fingerprint density at radius 3 is 2.58 bits per heavy atom. The summed E-state index contributed by atoms with van der Waals surface area (Å²) >= 11 is 0. The third-order valence-electron chi connectivity index (χ3n) is 3.29. The molecule has 1 aliphatic heterocycles. The molecule has 1 saturated carbocycles. The summed E-state index contributed by atoms with van der Waals surface area (Å²) in [7, 11) is 0. The molecule has 0 aromatic carbocycles. The third-order valence-corrected chi connectivity index (χ3v) is 3.29. The zero-order chi connectivity index (χ0) is 8.44. The second-order valence-corrected chi connectivity index (χ2v) is 4.26. The van der Waals surface area contributed by atoms with E-state index >= 15 is 0 Å². The van der Waals surface area contributed by atoms with Gasteiger partial charge in [-0.2, -0.15) is 0 Å². The van der Waals surface area contributed by atoms with Crippen molar-refractivity contribution in [2.24, 2.45) is 5.41 Å². The van der Waals surface area contributed by atoms with E-state index in [4.69, 9.17) is 4.74 Å². The highest BCUT2D eigenvalue weighted by molar-refractivity contribution is 5.00. The molecule has 1 saturated heterocycles. The van der Waals surface area contributed by atoms with E-state index < -0.39 is 0 Å². The molecule has 2 fully saturated rings. The van der Waals surface area contributed by atoms with E-state index in [0.717, 1.165) is 25.2 Å². The van der Waals surface area contributed by atoms with Gasteiger partial charge in [-0.1, -0.05) is 6.42 Å². The molecule has 0 aromatic rings. The first-order chi connectivity index (χ1) is 5.85. The summed E-state index contributed by atoms with van der Waals surface area (Å²) in [4.78, 5) is 2.52. The van der Waals surface area contributed by atoms with E-state index in [2.05, 4.69) is 11.8 Å². The average molecular weight is 169 g/mol. The van der Waals surface area contributed by atoms with Gasteiger partial charge in [0.15, 0.2) is 0 Å². The van der Waals surface area contributed by atoms with E-state index in [0.29, 0.717) is 0 Å². The highest BCUT2D eigenvalue weighted by Gasteiger charge is 2.46. The Balaban J connectivity index is 1.56. The molecule has 1 spiro atoms. The molecule has 2 aliphatic rings. The topological polar surface area (TPSA) is 12.5 Å². The summed E-state index contributed by atoms with van der Waals surface area (Å²) in [6.07, 6.45) is 4.44. The Labute approximate surface area is 74.9 Å². The van der Waals surface area contributed by atoms with Crippen LogP contribution in [0.1, 0.15) is 26.2 Å². The molecule has 0 unspecified atom stereocenters. The molecule has 2 nitrogen and oxygen atoms in total. The molecule has 0 aromatic heterocycles. The van der Waals surface area contributed by atoms with Crippen molar-refractivity contribution in [2.75, 3.05) is 32.8 Å². The number of nitrogens with zero attached hydrogens (tertiary/aromatic N) is 1. The van der Waals surface area contributed by atoms with Gasteiger partial charge in [0.1, 0.15) is 0 Å². The fourth-order valence-corrected chi connectivity index (χ4v) is 2.39. The summed E-state index contributed by atoms with van der Waals surface area (Å²) in [6, 6.07) is 0. The Bertz CT molecular complexity index is 146. The zero-order valence-electron chi connectivity index (χ0n) is 8.01. The van der Waals surface area contributed by atoms with Gasteiger partial charge in [0.25, 0.3) is 0 Å². The van der Waals surface area contributed by atoms with Crippen molar-refractivity contribution in [1.29, 1.82) is 0 Å². The van der Waals surface area contributed by atoms with E-state index in [9.17, 15) is 0 Å². The SMILES string of the molecule is CCOCCN1CC2(CCC2)C1. The van der Waals surface area contributed by atoms with E-state index in [-0.39, 0.29) is 0 Å². The molecule has 0 N–H and O–H groups in total. The highest BCUT2D eigenvalue weighted by Crippen LogP contribution is 2.47. The molecule has 1 aliphatic carbocycles. The second kappa shape index (κ2) is 3.35. The Hall–Kier alpha value is -0.0800. The van der Waals surface area contributed by atoms with Crippen molar-refractivity contribution < 1.29 is 4.74 Å². The predicted molar refractivity (Wildman–Crippen MR) is 49.2 cm³/mol. The molecule has 2 heteroatoms. The van der Waals surface area contributed by atoms with Gasteiger partial charge in [-0.25, -0.2) is 0 Å². The minimum Gasteiger partial charge on any atom is -0.380 e. The van der Waals surface area contributed by atoms with Crippen LogP contribution in [0.4, 0.5) is 0 Å². The van der Waals surface area contributed by atoms with Gasteiger partial charge in [-0.05, 0) is 25.2 Å².